The number of anilines is 2. The molecule has 0 atom stereocenters. The van der Waals surface area contributed by atoms with E-state index in [-0.39, 0.29) is 24.4 Å². The smallest absolute Gasteiger partial charge is 0.265 e. The number of nitrogen functional groups attached to an aromatic ring is 1. The molecule has 0 saturated heterocycles. The van der Waals surface area contributed by atoms with Crippen LogP contribution in [0.4, 0.5) is 10.9 Å². The third-order valence-corrected chi connectivity index (χ3v) is 3.14. The van der Waals surface area contributed by atoms with Gasteiger partial charge >= 0.3 is 0 Å². The van der Waals surface area contributed by atoms with Gasteiger partial charge in [-0.3, -0.25) is 4.79 Å². The summed E-state index contributed by atoms with van der Waals surface area (Å²) in [5.74, 6) is 0.0440. The lowest BCUT2D eigenvalue weighted by Gasteiger charge is -2.04. The molecular formula is C11H20N4O2S. The van der Waals surface area contributed by atoms with Crippen LogP contribution in [0.2, 0.25) is 0 Å². The highest BCUT2D eigenvalue weighted by Gasteiger charge is 2.15. The number of nitrogens with zero attached hydrogens (tertiary/aromatic N) is 1. The van der Waals surface area contributed by atoms with Crippen molar-refractivity contribution in [2.24, 2.45) is 0 Å². The van der Waals surface area contributed by atoms with Gasteiger partial charge in [-0.25, -0.2) is 4.98 Å². The molecular weight excluding hydrogens is 252 g/mol. The lowest BCUT2D eigenvalue weighted by atomic mass is 10.3. The second-order valence-electron chi connectivity index (χ2n) is 4.22. The molecule has 1 heterocycles. The number of aliphatic hydroxyl groups is 1. The predicted octanol–water partition coefficient (Wildman–Crippen LogP) is 1.05. The number of hydrogen-bond donors (Lipinski definition) is 4. The minimum Gasteiger partial charge on any atom is -0.396 e. The van der Waals surface area contributed by atoms with Gasteiger partial charge in [0.2, 0.25) is 0 Å². The summed E-state index contributed by atoms with van der Waals surface area (Å²) in [7, 11) is 0. The number of unbranched alkanes of at least 4 members (excludes halogenated alkanes) is 1. The minimum atomic E-state index is -0.209. The van der Waals surface area contributed by atoms with Crippen molar-refractivity contribution >= 4 is 28.2 Å². The van der Waals surface area contributed by atoms with Crippen molar-refractivity contribution in [3.63, 3.8) is 0 Å². The Morgan fingerprint density at radius 1 is 1.50 bits per heavy atom. The summed E-state index contributed by atoms with van der Waals surface area (Å²) in [6.07, 6.45) is 1.43. The van der Waals surface area contributed by atoms with Gasteiger partial charge in [0.05, 0.1) is 0 Å². The fraction of sp³-hybridized carbons (Fsp3) is 0.636. The Labute approximate surface area is 111 Å². The third kappa shape index (κ3) is 4.50. The topological polar surface area (TPSA) is 100 Å². The molecule has 7 heteroatoms. The van der Waals surface area contributed by atoms with E-state index in [1.54, 1.807) is 0 Å². The van der Waals surface area contributed by atoms with E-state index in [2.05, 4.69) is 15.6 Å². The number of amides is 1. The molecule has 6 nitrogen and oxygen atoms in total. The van der Waals surface area contributed by atoms with Crippen molar-refractivity contribution in [1.82, 2.24) is 10.3 Å². The molecule has 0 spiro atoms. The summed E-state index contributed by atoms with van der Waals surface area (Å²) in [4.78, 5) is 16.3. The van der Waals surface area contributed by atoms with Gasteiger partial charge in [-0.1, -0.05) is 11.3 Å². The van der Waals surface area contributed by atoms with Crippen LogP contribution in [0, 0.1) is 0 Å². The van der Waals surface area contributed by atoms with Gasteiger partial charge in [-0.2, -0.15) is 0 Å². The molecule has 0 aliphatic rings. The van der Waals surface area contributed by atoms with Gasteiger partial charge in [0.1, 0.15) is 10.7 Å². The number of nitrogens with two attached hydrogens (primary N) is 1. The predicted molar refractivity (Wildman–Crippen MR) is 73.9 cm³/mol. The van der Waals surface area contributed by atoms with Crippen molar-refractivity contribution in [3.05, 3.63) is 4.88 Å². The van der Waals surface area contributed by atoms with Gasteiger partial charge in [0.25, 0.3) is 5.91 Å². The van der Waals surface area contributed by atoms with Crippen molar-refractivity contribution in [2.45, 2.75) is 32.7 Å². The van der Waals surface area contributed by atoms with Crippen molar-refractivity contribution in [3.8, 4) is 0 Å². The molecule has 0 saturated carbocycles. The molecule has 5 N–H and O–H groups in total. The van der Waals surface area contributed by atoms with Crippen LogP contribution in [0.15, 0.2) is 0 Å². The summed E-state index contributed by atoms with van der Waals surface area (Å²) in [5, 5.41) is 15.2. The van der Waals surface area contributed by atoms with Gasteiger partial charge in [-0.15, -0.1) is 0 Å². The number of aliphatic hydroxyl groups excluding tert-OH is 1. The highest BCUT2D eigenvalue weighted by atomic mass is 32.1. The van der Waals surface area contributed by atoms with E-state index in [0.717, 1.165) is 6.42 Å². The number of hydrogen-bond acceptors (Lipinski definition) is 6. The summed E-state index contributed by atoms with van der Waals surface area (Å²) >= 11 is 1.25. The number of thiazole rings is 1. The van der Waals surface area contributed by atoms with Crippen molar-refractivity contribution in [1.29, 1.82) is 0 Å². The first-order chi connectivity index (χ1) is 8.54. The molecule has 1 aromatic heterocycles. The first-order valence-corrected chi connectivity index (χ1v) is 6.78. The molecule has 0 unspecified atom stereocenters. The molecule has 18 heavy (non-hydrogen) atoms. The van der Waals surface area contributed by atoms with Gasteiger partial charge < -0.3 is 21.5 Å². The number of carbonyl (C=O) groups is 1. The zero-order valence-corrected chi connectivity index (χ0v) is 11.5. The maximum atomic E-state index is 11.8. The average molecular weight is 272 g/mol. The molecule has 0 fully saturated rings. The zero-order valence-electron chi connectivity index (χ0n) is 10.7. The molecule has 1 amide bonds. The largest absolute Gasteiger partial charge is 0.396 e. The number of carbonyl (C=O) groups excluding carboxylic acids is 1. The monoisotopic (exact) mass is 272 g/mol. The fourth-order valence-electron chi connectivity index (χ4n) is 1.32. The number of rotatable bonds is 7. The molecule has 0 aliphatic heterocycles. The quantitative estimate of drug-likeness (QED) is 0.556. The molecule has 102 valence electrons. The number of aromatic nitrogens is 1. The summed E-state index contributed by atoms with van der Waals surface area (Å²) in [6, 6.07) is 0.246. The molecule has 0 aromatic carbocycles. The summed E-state index contributed by atoms with van der Waals surface area (Å²) < 4.78 is 0. The minimum absolute atomic E-state index is 0.140. The zero-order chi connectivity index (χ0) is 13.5. The van der Waals surface area contributed by atoms with Crippen LogP contribution in [-0.2, 0) is 0 Å². The van der Waals surface area contributed by atoms with Crippen LogP contribution in [0.1, 0.15) is 36.4 Å². The van der Waals surface area contributed by atoms with Gasteiger partial charge in [-0.05, 0) is 26.7 Å². The van der Waals surface area contributed by atoms with Crippen LogP contribution < -0.4 is 16.4 Å². The van der Waals surface area contributed by atoms with Crippen LogP contribution >= 0.6 is 11.3 Å². The fourth-order valence-corrected chi connectivity index (χ4v) is 2.27. The first kappa shape index (κ1) is 14.7. The Bertz CT molecular complexity index is 392. The molecule has 0 bridgehead atoms. The second kappa shape index (κ2) is 7.17. The van der Waals surface area contributed by atoms with Gasteiger partial charge in [0.15, 0.2) is 5.13 Å². The van der Waals surface area contributed by atoms with E-state index in [9.17, 15) is 4.79 Å². The number of nitrogens with one attached hydrogen (secondary N) is 2. The normalized spacial score (nSPS) is 10.7. The van der Waals surface area contributed by atoms with Crippen molar-refractivity contribution < 1.29 is 9.90 Å². The van der Waals surface area contributed by atoms with E-state index < -0.39 is 0 Å². The van der Waals surface area contributed by atoms with Crippen LogP contribution in [-0.4, -0.2) is 35.2 Å². The van der Waals surface area contributed by atoms with E-state index in [0.29, 0.717) is 23.0 Å². The van der Waals surface area contributed by atoms with Gasteiger partial charge in [0, 0.05) is 19.2 Å². The Morgan fingerprint density at radius 2 is 2.22 bits per heavy atom. The Hall–Kier alpha value is -1.34. The first-order valence-electron chi connectivity index (χ1n) is 5.96. The molecule has 1 aromatic rings. The molecule has 0 radical (unpaired) electrons. The van der Waals surface area contributed by atoms with E-state index >= 15 is 0 Å². The van der Waals surface area contributed by atoms with Crippen LogP contribution in [0.3, 0.4) is 0 Å². The third-order valence-electron chi connectivity index (χ3n) is 2.14. The highest BCUT2D eigenvalue weighted by Crippen LogP contribution is 2.25. The molecule has 1 rings (SSSR count). The Kier molecular flexibility index (Phi) is 5.87. The Morgan fingerprint density at radius 3 is 2.83 bits per heavy atom. The van der Waals surface area contributed by atoms with E-state index in [4.69, 9.17) is 10.8 Å². The maximum absolute atomic E-state index is 11.8. The van der Waals surface area contributed by atoms with Crippen LogP contribution in [0.5, 0.6) is 0 Å². The van der Waals surface area contributed by atoms with E-state index in [1.807, 2.05) is 13.8 Å². The lowest BCUT2D eigenvalue weighted by molar-refractivity contribution is 0.0957. The summed E-state index contributed by atoms with van der Waals surface area (Å²) in [6.45, 7) is 4.66. The standard InChI is InChI=1S/C11H20N4O2S/c1-7(2)14-11-15-9(12)8(18-11)10(17)13-5-3-4-6-16/h7,16H,3-6,12H2,1-2H3,(H,13,17)(H,14,15). The van der Waals surface area contributed by atoms with Crippen molar-refractivity contribution in [2.75, 3.05) is 24.2 Å². The maximum Gasteiger partial charge on any atom is 0.265 e. The summed E-state index contributed by atoms with van der Waals surface area (Å²) in [5.41, 5.74) is 5.71. The average Bonchev–Trinajstić information content (AvgIpc) is 2.64. The SMILES string of the molecule is CC(C)Nc1nc(N)c(C(=O)NCCCCO)s1. The van der Waals surface area contributed by atoms with E-state index in [1.165, 1.54) is 11.3 Å². The van der Waals surface area contributed by atoms with Crippen LogP contribution in [0.25, 0.3) is 0 Å². The molecule has 0 aliphatic carbocycles. The Balaban J connectivity index is 2.54. The lowest BCUT2D eigenvalue weighted by Crippen LogP contribution is -2.24. The highest BCUT2D eigenvalue weighted by molar-refractivity contribution is 7.18. The second-order valence-corrected chi connectivity index (χ2v) is 5.22.